The molecule has 0 aliphatic heterocycles. The van der Waals surface area contributed by atoms with Crippen molar-refractivity contribution in [2.45, 2.75) is 0 Å². The van der Waals surface area contributed by atoms with Gasteiger partial charge in [-0.15, -0.1) is 0 Å². The first-order chi connectivity index (χ1) is 5.77. The molecule has 2 aromatic rings. The molecule has 0 atom stereocenters. The van der Waals surface area contributed by atoms with Crippen molar-refractivity contribution in [1.82, 2.24) is 4.98 Å². The molecular formula is C9H7NO2. The molecule has 0 aliphatic carbocycles. The van der Waals surface area contributed by atoms with E-state index in [9.17, 15) is 4.79 Å². The van der Waals surface area contributed by atoms with Gasteiger partial charge in [0, 0.05) is 6.20 Å². The van der Waals surface area contributed by atoms with Gasteiger partial charge in [-0.3, -0.25) is 4.79 Å². The topological polar surface area (TPSA) is 53.1 Å². The molecule has 3 heteroatoms. The Bertz CT molecular complexity index is 473. The number of benzene rings is 1. The zero-order valence-corrected chi connectivity index (χ0v) is 6.24. The van der Waals surface area contributed by atoms with Crippen LogP contribution >= 0.6 is 0 Å². The summed E-state index contributed by atoms with van der Waals surface area (Å²) in [6, 6.07) is 6.51. The minimum atomic E-state index is -0.177. The van der Waals surface area contributed by atoms with Crippen LogP contribution in [-0.2, 0) is 0 Å². The number of rotatable bonds is 0. The van der Waals surface area contributed by atoms with Crippen LogP contribution in [0.3, 0.4) is 0 Å². The maximum Gasteiger partial charge on any atom is 0.255 e. The molecule has 0 unspecified atom stereocenters. The lowest BCUT2D eigenvalue weighted by molar-refractivity contribution is 0.476. The average Bonchev–Trinajstić information content (AvgIpc) is 2.07. The summed E-state index contributed by atoms with van der Waals surface area (Å²) in [5.74, 6) is 0.110. The minimum Gasteiger partial charge on any atom is -0.508 e. The lowest BCUT2D eigenvalue weighted by Gasteiger charge is -1.95. The number of aromatic hydroxyl groups is 1. The van der Waals surface area contributed by atoms with Gasteiger partial charge in [0.2, 0.25) is 0 Å². The van der Waals surface area contributed by atoms with Gasteiger partial charge < -0.3 is 10.1 Å². The van der Waals surface area contributed by atoms with Crippen LogP contribution in [0.1, 0.15) is 0 Å². The van der Waals surface area contributed by atoms with Gasteiger partial charge in [-0.25, -0.2) is 0 Å². The number of aromatic amines is 1. The van der Waals surface area contributed by atoms with Crippen molar-refractivity contribution in [1.29, 1.82) is 0 Å². The molecule has 2 N–H and O–H groups in total. The molecular weight excluding hydrogens is 154 g/mol. The molecule has 1 aromatic heterocycles. The summed E-state index contributed by atoms with van der Waals surface area (Å²) in [6.45, 7) is 0. The normalized spacial score (nSPS) is 10.3. The Morgan fingerprint density at radius 3 is 2.92 bits per heavy atom. The summed E-state index contributed by atoms with van der Waals surface area (Å²) in [6.07, 6.45) is 1.59. The van der Waals surface area contributed by atoms with Gasteiger partial charge in [-0.1, -0.05) is 6.07 Å². The number of hydrogen-bond donors (Lipinski definition) is 2. The van der Waals surface area contributed by atoms with Crippen LogP contribution in [0.5, 0.6) is 5.75 Å². The van der Waals surface area contributed by atoms with Gasteiger partial charge in [0.15, 0.2) is 0 Å². The van der Waals surface area contributed by atoms with Gasteiger partial charge in [-0.05, 0) is 23.6 Å². The van der Waals surface area contributed by atoms with Crippen LogP contribution in [0.4, 0.5) is 0 Å². The van der Waals surface area contributed by atoms with E-state index in [-0.39, 0.29) is 11.3 Å². The van der Waals surface area contributed by atoms with E-state index in [4.69, 9.17) is 5.11 Å². The first-order valence-corrected chi connectivity index (χ1v) is 3.58. The Labute approximate surface area is 68.3 Å². The maximum atomic E-state index is 11.2. The highest BCUT2D eigenvalue weighted by molar-refractivity contribution is 5.82. The van der Waals surface area contributed by atoms with Crippen molar-refractivity contribution < 1.29 is 5.11 Å². The number of nitrogens with one attached hydrogen (secondary N) is 1. The predicted molar refractivity (Wildman–Crippen MR) is 46.2 cm³/mol. The lowest BCUT2D eigenvalue weighted by Crippen LogP contribution is -2.03. The van der Waals surface area contributed by atoms with Crippen molar-refractivity contribution in [3.63, 3.8) is 0 Å². The van der Waals surface area contributed by atoms with E-state index < -0.39 is 0 Å². The van der Waals surface area contributed by atoms with Gasteiger partial charge in [0.1, 0.15) is 5.75 Å². The Morgan fingerprint density at radius 2 is 2.08 bits per heavy atom. The highest BCUT2D eigenvalue weighted by Crippen LogP contribution is 2.15. The second kappa shape index (κ2) is 2.37. The zero-order chi connectivity index (χ0) is 8.55. The van der Waals surface area contributed by atoms with Crippen LogP contribution in [0.2, 0.25) is 0 Å². The molecule has 60 valence electrons. The molecule has 2 rings (SSSR count). The van der Waals surface area contributed by atoms with Crippen LogP contribution < -0.4 is 5.56 Å². The number of pyridine rings is 1. The number of phenolic OH excluding ortho intramolecular Hbond substituents is 1. The standard InChI is InChI=1S/C9H7NO2/c11-7-2-1-6-3-4-10-9(12)8(6)5-7/h1-5,11H,(H,10,12). The van der Waals surface area contributed by atoms with Crippen molar-refractivity contribution in [2.24, 2.45) is 0 Å². The van der Waals surface area contributed by atoms with Crippen LogP contribution in [0.25, 0.3) is 10.8 Å². The number of hydrogen-bond acceptors (Lipinski definition) is 2. The van der Waals surface area contributed by atoms with E-state index in [0.717, 1.165) is 5.39 Å². The first kappa shape index (κ1) is 6.91. The monoisotopic (exact) mass is 161 g/mol. The fourth-order valence-electron chi connectivity index (χ4n) is 1.17. The lowest BCUT2D eigenvalue weighted by atomic mass is 10.2. The molecule has 0 saturated heterocycles. The Hall–Kier alpha value is -1.77. The van der Waals surface area contributed by atoms with Crippen molar-refractivity contribution in [3.05, 3.63) is 40.8 Å². The van der Waals surface area contributed by atoms with E-state index in [1.165, 1.54) is 6.07 Å². The summed E-state index contributed by atoms with van der Waals surface area (Å²) in [7, 11) is 0. The van der Waals surface area contributed by atoms with E-state index in [2.05, 4.69) is 4.98 Å². The molecule has 0 fully saturated rings. The second-order valence-corrected chi connectivity index (χ2v) is 2.58. The molecule has 0 aliphatic rings. The van der Waals surface area contributed by atoms with Crippen molar-refractivity contribution >= 4 is 10.8 Å². The third-order valence-corrected chi connectivity index (χ3v) is 1.76. The molecule has 3 nitrogen and oxygen atoms in total. The summed E-state index contributed by atoms with van der Waals surface area (Å²) in [4.78, 5) is 13.7. The van der Waals surface area contributed by atoms with Crippen LogP contribution in [0, 0.1) is 0 Å². The summed E-state index contributed by atoms with van der Waals surface area (Å²) < 4.78 is 0. The number of aromatic nitrogens is 1. The SMILES string of the molecule is O=c1[nH]ccc2ccc(O)cc12. The maximum absolute atomic E-state index is 11.2. The average molecular weight is 161 g/mol. The van der Waals surface area contributed by atoms with E-state index in [0.29, 0.717) is 5.39 Å². The molecule has 12 heavy (non-hydrogen) atoms. The number of phenols is 1. The second-order valence-electron chi connectivity index (χ2n) is 2.58. The Balaban J connectivity index is 2.98. The van der Waals surface area contributed by atoms with E-state index >= 15 is 0 Å². The summed E-state index contributed by atoms with van der Waals surface area (Å²) >= 11 is 0. The molecule has 0 radical (unpaired) electrons. The third kappa shape index (κ3) is 0.955. The molecule has 0 saturated carbocycles. The Morgan fingerprint density at radius 1 is 1.25 bits per heavy atom. The fourth-order valence-corrected chi connectivity index (χ4v) is 1.17. The highest BCUT2D eigenvalue weighted by atomic mass is 16.3. The van der Waals surface area contributed by atoms with E-state index in [1.807, 2.05) is 0 Å². The largest absolute Gasteiger partial charge is 0.508 e. The number of H-pyrrole nitrogens is 1. The number of fused-ring (bicyclic) bond motifs is 1. The first-order valence-electron chi connectivity index (χ1n) is 3.58. The smallest absolute Gasteiger partial charge is 0.255 e. The quantitative estimate of drug-likeness (QED) is 0.610. The van der Waals surface area contributed by atoms with Gasteiger partial charge in [0.25, 0.3) is 5.56 Å². The fraction of sp³-hybridized carbons (Fsp3) is 0. The molecule has 0 bridgehead atoms. The minimum absolute atomic E-state index is 0.110. The van der Waals surface area contributed by atoms with Crippen molar-refractivity contribution in [2.75, 3.05) is 0 Å². The van der Waals surface area contributed by atoms with Gasteiger partial charge in [-0.2, -0.15) is 0 Å². The van der Waals surface area contributed by atoms with Gasteiger partial charge >= 0.3 is 0 Å². The predicted octanol–water partition coefficient (Wildman–Crippen LogP) is 1.23. The zero-order valence-electron chi connectivity index (χ0n) is 6.24. The molecule has 1 aromatic carbocycles. The van der Waals surface area contributed by atoms with Crippen LogP contribution in [0.15, 0.2) is 35.3 Å². The summed E-state index contributed by atoms with van der Waals surface area (Å²) in [5.41, 5.74) is -0.177. The summed E-state index contributed by atoms with van der Waals surface area (Å²) in [5, 5.41) is 10.4. The Kier molecular flexibility index (Phi) is 1.37. The van der Waals surface area contributed by atoms with E-state index in [1.54, 1.807) is 24.4 Å². The third-order valence-electron chi connectivity index (χ3n) is 1.76. The molecule has 1 heterocycles. The van der Waals surface area contributed by atoms with Crippen LogP contribution in [-0.4, -0.2) is 10.1 Å². The highest BCUT2D eigenvalue weighted by Gasteiger charge is 1.97. The molecule has 0 amide bonds. The molecule has 0 spiro atoms. The van der Waals surface area contributed by atoms with Crippen molar-refractivity contribution in [3.8, 4) is 5.75 Å². The van der Waals surface area contributed by atoms with Gasteiger partial charge in [0.05, 0.1) is 5.39 Å².